The zero-order valence-corrected chi connectivity index (χ0v) is 17.8. The third-order valence-electron chi connectivity index (χ3n) is 5.53. The number of benzene rings is 2. The molecule has 0 bridgehead atoms. The van der Waals surface area contributed by atoms with Crippen LogP contribution in [0.5, 0.6) is 11.6 Å². The first-order chi connectivity index (χ1) is 15.2. The maximum Gasteiger partial charge on any atom is 0.381 e. The van der Waals surface area contributed by atoms with E-state index in [1.54, 1.807) is 7.05 Å². The number of allylic oxidation sites excluding steroid dienone is 2. The number of pyridine rings is 1. The highest BCUT2D eigenvalue weighted by molar-refractivity contribution is 5.92. The number of hydrogen-bond donors (Lipinski definition) is 0. The largest absolute Gasteiger partial charge is 0.438 e. The molecule has 0 unspecified atom stereocenters. The summed E-state index contributed by atoms with van der Waals surface area (Å²) in [5.41, 5.74) is 4.60. The van der Waals surface area contributed by atoms with Crippen molar-refractivity contribution < 1.29 is 13.7 Å². The molecule has 3 heterocycles. The van der Waals surface area contributed by atoms with E-state index in [1.807, 2.05) is 79.4 Å². The second-order valence-corrected chi connectivity index (χ2v) is 7.42. The van der Waals surface area contributed by atoms with Gasteiger partial charge in [-0.15, -0.1) is 0 Å². The van der Waals surface area contributed by atoms with Crippen LogP contribution in [0.4, 0.5) is 0 Å². The van der Waals surface area contributed by atoms with Crippen LogP contribution in [0.15, 0.2) is 88.4 Å². The van der Waals surface area contributed by atoms with Crippen LogP contribution < -0.4 is 25.3 Å². The highest BCUT2D eigenvalue weighted by Crippen LogP contribution is 2.40. The average Bonchev–Trinajstić information content (AvgIpc) is 2.81. The van der Waals surface area contributed by atoms with E-state index in [4.69, 9.17) is 9.15 Å². The van der Waals surface area contributed by atoms with Gasteiger partial charge in [0.2, 0.25) is 5.55 Å². The Labute approximate surface area is 180 Å². The topological polar surface area (TPSA) is 38.6 Å². The minimum absolute atomic E-state index is 0.602. The molecule has 0 amide bonds. The average molecular weight is 407 g/mol. The second kappa shape index (κ2) is 7.73. The smallest absolute Gasteiger partial charge is 0.381 e. The molecule has 5 rings (SSSR count). The van der Waals surface area contributed by atoms with Gasteiger partial charge in [-0.3, -0.25) is 4.99 Å². The van der Waals surface area contributed by atoms with Crippen molar-refractivity contribution in [3.63, 3.8) is 0 Å². The van der Waals surface area contributed by atoms with E-state index in [1.165, 1.54) is 0 Å². The lowest BCUT2D eigenvalue weighted by atomic mass is 9.91. The summed E-state index contributed by atoms with van der Waals surface area (Å²) in [4.78, 5) is 4.48. The van der Waals surface area contributed by atoms with Gasteiger partial charge in [0.1, 0.15) is 18.4 Å². The second-order valence-electron chi connectivity index (χ2n) is 7.42. The Hall–Kier alpha value is -3.92. The maximum absolute atomic E-state index is 6.32. The molecule has 1 aliphatic heterocycles. The standard InChI is InChI=1S/C27H23N2O2/c1-4-5-11-20-24(18-12-6-8-15-22(18)30-26(20)28-2)25-19-13-7-9-16-23(19)31-27-21(25)14-10-17-29(27)3/h4-17H,1-3H3/q+1/b5-4-,20-11?,25-24?,28-26?. The highest BCUT2D eigenvalue weighted by Gasteiger charge is 2.29. The molecule has 0 fully saturated rings. The Morgan fingerprint density at radius 3 is 2.55 bits per heavy atom. The zero-order valence-electron chi connectivity index (χ0n) is 17.8. The summed E-state index contributed by atoms with van der Waals surface area (Å²) in [5, 5.41) is 3.07. The van der Waals surface area contributed by atoms with Gasteiger partial charge in [0.25, 0.3) is 0 Å². The Morgan fingerprint density at radius 2 is 1.71 bits per heavy atom. The van der Waals surface area contributed by atoms with E-state index in [2.05, 4.69) is 29.3 Å². The number of nitrogens with zero attached hydrogens (tertiary/aromatic N) is 2. The highest BCUT2D eigenvalue weighted by atomic mass is 16.5. The molecule has 0 radical (unpaired) electrons. The van der Waals surface area contributed by atoms with Gasteiger partial charge in [-0.05, 0) is 31.2 Å². The molecule has 2 aromatic heterocycles. The molecule has 0 spiro atoms. The third-order valence-corrected chi connectivity index (χ3v) is 5.53. The normalized spacial score (nSPS) is 15.8. The number of hydrogen-bond acceptors (Lipinski definition) is 3. The molecular formula is C27H23N2O2+. The van der Waals surface area contributed by atoms with Crippen LogP contribution in [0, 0.1) is 0 Å². The van der Waals surface area contributed by atoms with Crippen molar-refractivity contribution in [3.8, 4) is 11.6 Å². The monoisotopic (exact) mass is 407 g/mol. The van der Waals surface area contributed by atoms with Crippen LogP contribution in [-0.4, -0.2) is 7.05 Å². The van der Waals surface area contributed by atoms with E-state index in [-0.39, 0.29) is 0 Å². The number of rotatable bonds is 1. The zero-order chi connectivity index (χ0) is 21.4. The molecule has 4 aromatic rings. The minimum atomic E-state index is 0.602. The first-order valence-corrected chi connectivity index (χ1v) is 10.3. The quantitative estimate of drug-likeness (QED) is 0.399. The van der Waals surface area contributed by atoms with Crippen molar-refractivity contribution in [3.05, 3.63) is 106 Å². The fraction of sp³-hybridized carbons (Fsp3) is 0.111. The number of para-hydroxylation sites is 2. The van der Waals surface area contributed by atoms with E-state index in [0.717, 1.165) is 49.7 Å². The lowest BCUT2D eigenvalue weighted by Crippen LogP contribution is -2.42. The molecule has 0 atom stereocenters. The lowest BCUT2D eigenvalue weighted by Gasteiger charge is -2.20. The van der Waals surface area contributed by atoms with Gasteiger partial charge in [-0.25, -0.2) is 0 Å². The summed E-state index contributed by atoms with van der Waals surface area (Å²) in [6, 6.07) is 20.5. The molecule has 2 aromatic carbocycles. The predicted molar refractivity (Wildman–Crippen MR) is 122 cm³/mol. The fourth-order valence-electron chi connectivity index (χ4n) is 4.15. The van der Waals surface area contributed by atoms with Gasteiger partial charge in [0.05, 0.1) is 5.56 Å². The van der Waals surface area contributed by atoms with Gasteiger partial charge in [0, 0.05) is 40.1 Å². The van der Waals surface area contributed by atoms with Crippen LogP contribution in [0.2, 0.25) is 0 Å². The lowest BCUT2D eigenvalue weighted by molar-refractivity contribution is -0.676. The van der Waals surface area contributed by atoms with Crippen LogP contribution in [0.3, 0.4) is 0 Å². The molecule has 31 heavy (non-hydrogen) atoms. The summed E-state index contributed by atoms with van der Waals surface area (Å²) >= 11 is 0. The first-order valence-electron chi connectivity index (χ1n) is 10.3. The van der Waals surface area contributed by atoms with Gasteiger partial charge in [0.15, 0.2) is 6.20 Å². The summed E-state index contributed by atoms with van der Waals surface area (Å²) in [6.07, 6.45) is 8.11. The molecule has 0 saturated carbocycles. The minimum Gasteiger partial charge on any atom is -0.438 e. The van der Waals surface area contributed by atoms with Crippen LogP contribution in [-0.2, 0) is 7.05 Å². The Morgan fingerprint density at radius 1 is 0.935 bits per heavy atom. The van der Waals surface area contributed by atoms with E-state index in [9.17, 15) is 0 Å². The number of aryl methyl sites for hydroxylation is 1. The van der Waals surface area contributed by atoms with Crippen LogP contribution >= 0.6 is 0 Å². The van der Waals surface area contributed by atoms with Gasteiger partial charge < -0.3 is 9.15 Å². The van der Waals surface area contributed by atoms with E-state index < -0.39 is 0 Å². The number of fused-ring (bicyclic) bond motifs is 3. The maximum atomic E-state index is 6.32. The summed E-state index contributed by atoms with van der Waals surface area (Å²) < 4.78 is 14.5. The molecule has 1 aliphatic rings. The molecule has 0 N–H and O–H groups in total. The van der Waals surface area contributed by atoms with Crippen molar-refractivity contribution in [2.45, 2.75) is 6.92 Å². The Kier molecular flexibility index (Phi) is 4.75. The van der Waals surface area contributed by atoms with Crippen molar-refractivity contribution in [1.29, 1.82) is 0 Å². The van der Waals surface area contributed by atoms with E-state index >= 15 is 0 Å². The molecule has 0 aliphatic carbocycles. The Balaban J connectivity index is 2.16. The van der Waals surface area contributed by atoms with Crippen LogP contribution in [0.25, 0.3) is 22.6 Å². The van der Waals surface area contributed by atoms with Crippen molar-refractivity contribution in [1.82, 2.24) is 0 Å². The molecule has 4 heteroatoms. The van der Waals surface area contributed by atoms with Crippen molar-refractivity contribution in [2.75, 3.05) is 7.05 Å². The predicted octanol–water partition coefficient (Wildman–Crippen LogP) is 3.50. The summed E-state index contributed by atoms with van der Waals surface area (Å²) in [5.74, 6) is 1.65. The van der Waals surface area contributed by atoms with Crippen LogP contribution in [0.1, 0.15) is 18.1 Å². The third kappa shape index (κ3) is 3.08. The van der Waals surface area contributed by atoms with Gasteiger partial charge >= 0.3 is 5.88 Å². The first kappa shape index (κ1) is 19.1. The fourth-order valence-corrected chi connectivity index (χ4v) is 4.15. The Bertz CT molecular complexity index is 1540. The molecule has 152 valence electrons. The molecule has 4 nitrogen and oxygen atoms in total. The summed E-state index contributed by atoms with van der Waals surface area (Å²) in [7, 11) is 3.77. The van der Waals surface area contributed by atoms with Crippen molar-refractivity contribution in [2.24, 2.45) is 12.0 Å². The van der Waals surface area contributed by atoms with E-state index in [0.29, 0.717) is 5.55 Å². The van der Waals surface area contributed by atoms with Crippen molar-refractivity contribution >= 4 is 22.6 Å². The molecule has 0 saturated heterocycles. The SMILES string of the molecule is C/C=C\C=c1c(=NC)oc2ccccc2c1=C1c2ccccc2Oc2c1ccc[n+]2C. The molecular weight excluding hydrogens is 384 g/mol. The number of aromatic nitrogens is 1. The summed E-state index contributed by atoms with van der Waals surface area (Å²) in [6.45, 7) is 2.00. The van der Waals surface area contributed by atoms with Gasteiger partial charge in [-0.2, -0.15) is 4.57 Å². The van der Waals surface area contributed by atoms with Gasteiger partial charge in [-0.1, -0.05) is 48.6 Å². The number of ether oxygens (including phenoxy) is 1.